The van der Waals surface area contributed by atoms with Crippen LogP contribution in [0.5, 0.6) is 0 Å². The molecular weight excluding hydrogens is 304 g/mol. The van der Waals surface area contributed by atoms with Crippen LogP contribution in [0, 0.1) is 0 Å². The zero-order valence-electron chi connectivity index (χ0n) is 13.2. The van der Waals surface area contributed by atoms with Crippen LogP contribution in [-0.4, -0.2) is 50.2 Å². The molecule has 122 valence electrons. The van der Waals surface area contributed by atoms with E-state index in [1.165, 1.54) is 22.7 Å². The highest BCUT2D eigenvalue weighted by Gasteiger charge is 2.37. The number of ether oxygens (including phenoxy) is 1. The molecule has 1 heterocycles. The summed E-state index contributed by atoms with van der Waals surface area (Å²) in [5.41, 5.74) is 1.97. The van der Waals surface area contributed by atoms with Crippen LogP contribution in [0.15, 0.2) is 24.3 Å². The molecule has 0 radical (unpaired) electrons. The molecule has 0 bridgehead atoms. The van der Waals surface area contributed by atoms with Crippen molar-refractivity contribution in [3.05, 3.63) is 35.4 Å². The van der Waals surface area contributed by atoms with Crippen LogP contribution in [0.2, 0.25) is 0 Å². The van der Waals surface area contributed by atoms with Gasteiger partial charge in [-0.3, -0.25) is 4.79 Å². The van der Waals surface area contributed by atoms with Crippen LogP contribution in [-0.2, 0) is 26.2 Å². The highest BCUT2D eigenvalue weighted by atomic mass is 32.2. The van der Waals surface area contributed by atoms with Gasteiger partial charge in [-0.15, -0.1) is 0 Å². The van der Waals surface area contributed by atoms with Gasteiger partial charge in [-0.25, -0.2) is 0 Å². The molecule has 1 aliphatic rings. The maximum Gasteiger partial charge on any atom is 0.307 e. The zero-order chi connectivity index (χ0) is 16.3. The molecule has 22 heavy (non-hydrogen) atoms. The fourth-order valence-corrected chi connectivity index (χ4v) is 3.96. The van der Waals surface area contributed by atoms with Crippen LogP contribution in [0.1, 0.15) is 30.5 Å². The summed E-state index contributed by atoms with van der Waals surface area (Å²) < 4.78 is 32.7. The first-order valence-corrected chi connectivity index (χ1v) is 8.70. The van der Waals surface area contributed by atoms with E-state index >= 15 is 0 Å². The second kappa shape index (κ2) is 6.76. The van der Waals surface area contributed by atoms with E-state index in [9.17, 15) is 13.2 Å². The molecule has 0 amide bonds. The van der Waals surface area contributed by atoms with Crippen molar-refractivity contribution in [3.63, 3.8) is 0 Å². The van der Waals surface area contributed by atoms with Crippen LogP contribution >= 0.6 is 0 Å². The number of carbonyl (C=O) groups is 1. The van der Waals surface area contributed by atoms with E-state index in [-0.39, 0.29) is 19.0 Å². The zero-order valence-corrected chi connectivity index (χ0v) is 14.0. The van der Waals surface area contributed by atoms with Crippen molar-refractivity contribution in [3.8, 4) is 0 Å². The van der Waals surface area contributed by atoms with Crippen molar-refractivity contribution in [2.75, 3.05) is 27.2 Å². The minimum Gasteiger partial charge on any atom is -0.466 e. The molecule has 1 unspecified atom stereocenters. The third kappa shape index (κ3) is 3.31. The van der Waals surface area contributed by atoms with Crippen molar-refractivity contribution < 1.29 is 17.9 Å². The molecule has 1 aliphatic heterocycles. The predicted octanol–water partition coefficient (Wildman–Crippen LogP) is 1.35. The van der Waals surface area contributed by atoms with E-state index in [2.05, 4.69) is 0 Å². The Morgan fingerprint density at radius 2 is 2.05 bits per heavy atom. The molecule has 0 fully saturated rings. The van der Waals surface area contributed by atoms with E-state index in [1.54, 1.807) is 6.92 Å². The minimum atomic E-state index is -3.59. The number of rotatable bonds is 5. The fourth-order valence-electron chi connectivity index (χ4n) is 2.70. The lowest BCUT2D eigenvalue weighted by Gasteiger charge is -2.37. The lowest BCUT2D eigenvalue weighted by molar-refractivity contribution is -0.144. The highest BCUT2D eigenvalue weighted by molar-refractivity contribution is 7.86. The summed E-state index contributed by atoms with van der Waals surface area (Å²) in [5, 5.41) is 0. The molecule has 7 heteroatoms. The average molecular weight is 326 g/mol. The minimum absolute atomic E-state index is 0.0257. The topological polar surface area (TPSA) is 66.9 Å². The van der Waals surface area contributed by atoms with Crippen LogP contribution in [0.4, 0.5) is 0 Å². The second-order valence-electron chi connectivity index (χ2n) is 5.37. The summed E-state index contributed by atoms with van der Waals surface area (Å²) in [7, 11) is -0.599. The Hall–Kier alpha value is -1.44. The number of benzene rings is 1. The molecule has 1 aromatic carbocycles. The number of esters is 1. The van der Waals surface area contributed by atoms with Gasteiger partial charge in [0.1, 0.15) is 0 Å². The molecule has 0 saturated carbocycles. The van der Waals surface area contributed by atoms with Crippen molar-refractivity contribution in [2.45, 2.75) is 25.8 Å². The number of fused-ring (bicyclic) bond motifs is 1. The Bertz CT molecular complexity index is 643. The molecule has 0 spiro atoms. The summed E-state index contributed by atoms with van der Waals surface area (Å²) in [4.78, 5) is 11.9. The fraction of sp³-hybridized carbons (Fsp3) is 0.533. The molecule has 1 atom stereocenters. The van der Waals surface area contributed by atoms with Crippen LogP contribution < -0.4 is 0 Å². The summed E-state index contributed by atoms with van der Waals surface area (Å²) >= 11 is 0. The van der Waals surface area contributed by atoms with Crippen LogP contribution in [0.25, 0.3) is 0 Å². The molecule has 1 aromatic rings. The van der Waals surface area contributed by atoms with Gasteiger partial charge in [-0.05, 0) is 24.5 Å². The molecule has 0 aromatic heterocycles. The van der Waals surface area contributed by atoms with Gasteiger partial charge in [0.15, 0.2) is 0 Å². The number of hydrogen-bond acceptors (Lipinski definition) is 4. The quantitative estimate of drug-likeness (QED) is 0.766. The predicted molar refractivity (Wildman–Crippen MR) is 83.4 cm³/mol. The largest absolute Gasteiger partial charge is 0.466 e. The van der Waals surface area contributed by atoms with Crippen molar-refractivity contribution in [2.24, 2.45) is 0 Å². The smallest absolute Gasteiger partial charge is 0.307 e. The maximum atomic E-state index is 12.5. The first-order chi connectivity index (χ1) is 10.4. The van der Waals surface area contributed by atoms with E-state index in [0.29, 0.717) is 13.0 Å². The van der Waals surface area contributed by atoms with Gasteiger partial charge < -0.3 is 4.74 Å². The van der Waals surface area contributed by atoms with E-state index < -0.39 is 16.3 Å². The standard InChI is InChI=1S/C15H22N2O4S/c1-4-21-15(18)11-14-13-8-6-5-7-12(13)9-10-17(14)22(19,20)16(2)3/h5-8,14H,4,9-11H2,1-3H3. The highest BCUT2D eigenvalue weighted by Crippen LogP contribution is 2.34. The van der Waals surface area contributed by atoms with Gasteiger partial charge >= 0.3 is 5.97 Å². The van der Waals surface area contributed by atoms with Gasteiger partial charge in [0.2, 0.25) is 0 Å². The molecule has 0 aliphatic carbocycles. The number of carbonyl (C=O) groups excluding carboxylic acids is 1. The van der Waals surface area contributed by atoms with Gasteiger partial charge in [0, 0.05) is 20.6 Å². The summed E-state index contributed by atoms with van der Waals surface area (Å²) in [6.07, 6.45) is 0.667. The Labute approximate surface area is 131 Å². The normalized spacial score (nSPS) is 19.0. The van der Waals surface area contributed by atoms with Crippen molar-refractivity contribution in [1.29, 1.82) is 0 Å². The molecular formula is C15H22N2O4S. The van der Waals surface area contributed by atoms with Crippen molar-refractivity contribution in [1.82, 2.24) is 8.61 Å². The third-order valence-corrected chi connectivity index (χ3v) is 5.74. The van der Waals surface area contributed by atoms with Gasteiger partial charge in [-0.2, -0.15) is 17.0 Å². The number of nitrogens with zero attached hydrogens (tertiary/aromatic N) is 2. The van der Waals surface area contributed by atoms with Gasteiger partial charge in [0.05, 0.1) is 19.1 Å². The maximum absolute atomic E-state index is 12.5. The first kappa shape index (κ1) is 16.9. The Morgan fingerprint density at radius 1 is 1.36 bits per heavy atom. The summed E-state index contributed by atoms with van der Waals surface area (Å²) in [5.74, 6) is -0.386. The van der Waals surface area contributed by atoms with Gasteiger partial charge in [-0.1, -0.05) is 24.3 Å². The molecule has 6 nitrogen and oxygen atoms in total. The Kier molecular flexibility index (Phi) is 5.20. The summed E-state index contributed by atoms with van der Waals surface area (Å²) in [6.45, 7) is 2.39. The number of hydrogen-bond donors (Lipinski definition) is 0. The lowest BCUT2D eigenvalue weighted by atomic mass is 9.92. The molecule has 2 rings (SSSR count). The lowest BCUT2D eigenvalue weighted by Crippen LogP contribution is -2.46. The SMILES string of the molecule is CCOC(=O)CC1c2ccccc2CCN1S(=O)(=O)N(C)C. The molecule has 0 N–H and O–H groups in total. The van der Waals surface area contributed by atoms with Crippen LogP contribution in [0.3, 0.4) is 0 Å². The van der Waals surface area contributed by atoms with E-state index in [4.69, 9.17) is 4.74 Å². The monoisotopic (exact) mass is 326 g/mol. The van der Waals surface area contributed by atoms with Crippen molar-refractivity contribution >= 4 is 16.2 Å². The Balaban J connectivity index is 2.40. The van der Waals surface area contributed by atoms with E-state index in [1.807, 2.05) is 24.3 Å². The Morgan fingerprint density at radius 3 is 2.68 bits per heavy atom. The second-order valence-corrected chi connectivity index (χ2v) is 7.47. The van der Waals surface area contributed by atoms with E-state index in [0.717, 1.165) is 11.1 Å². The third-order valence-electron chi connectivity index (χ3n) is 3.79. The first-order valence-electron chi connectivity index (χ1n) is 7.30. The average Bonchev–Trinajstić information content (AvgIpc) is 2.47. The van der Waals surface area contributed by atoms with Gasteiger partial charge in [0.25, 0.3) is 10.2 Å². The summed E-state index contributed by atoms with van der Waals surface area (Å²) in [6, 6.07) is 7.14. The molecule has 0 saturated heterocycles.